The Kier molecular flexibility index (Phi) is 10.4. The molecule has 1 heterocycles. The van der Waals surface area contributed by atoms with E-state index in [2.05, 4.69) is 6.92 Å². The Morgan fingerprint density at radius 1 is 1.11 bits per heavy atom. The van der Waals surface area contributed by atoms with Crippen molar-refractivity contribution in [1.82, 2.24) is 4.90 Å². The summed E-state index contributed by atoms with van der Waals surface area (Å²) in [5.74, 6) is -2.06. The van der Waals surface area contributed by atoms with Gasteiger partial charge in [0.25, 0.3) is 0 Å². The van der Waals surface area contributed by atoms with E-state index in [1.54, 1.807) is 6.92 Å². The quantitative estimate of drug-likeness (QED) is 0.406. The molecule has 1 aliphatic rings. The zero-order valence-electron chi connectivity index (χ0n) is 17.4. The van der Waals surface area contributed by atoms with E-state index in [0.29, 0.717) is 19.4 Å². The number of carbonyl (C=O) groups is 3. The average Bonchev–Trinajstić information content (AvgIpc) is 3.11. The molecule has 1 amide bonds. The molecule has 0 aliphatic carbocycles. The standard InChI is InChI=1S/C21H37NO5/c1-5-6-7-8-9-10-12-15(2)19(27-17(4)23)16(3)20(24)22-14-11-13-18(22)21(25)26/h15-16,18-19H,5-14H2,1-4H3,(H,25,26). The van der Waals surface area contributed by atoms with E-state index in [0.717, 1.165) is 19.3 Å². The van der Waals surface area contributed by atoms with Gasteiger partial charge in [-0.15, -0.1) is 0 Å². The third-order valence-corrected chi connectivity index (χ3v) is 5.58. The Labute approximate surface area is 163 Å². The second-order valence-corrected chi connectivity index (χ2v) is 7.92. The lowest BCUT2D eigenvalue weighted by atomic mass is 9.88. The highest BCUT2D eigenvalue weighted by molar-refractivity contribution is 5.86. The van der Waals surface area contributed by atoms with Gasteiger partial charge in [-0.1, -0.05) is 59.3 Å². The van der Waals surface area contributed by atoms with E-state index in [9.17, 15) is 19.5 Å². The van der Waals surface area contributed by atoms with Crippen LogP contribution in [0.2, 0.25) is 0 Å². The Bertz CT molecular complexity index is 493. The molecule has 0 saturated carbocycles. The number of rotatable bonds is 12. The molecule has 4 atom stereocenters. The van der Waals surface area contributed by atoms with Gasteiger partial charge in [0, 0.05) is 13.5 Å². The highest BCUT2D eigenvalue weighted by Crippen LogP contribution is 2.27. The number of carboxylic acid groups (broad SMARTS) is 1. The van der Waals surface area contributed by atoms with Crippen molar-refractivity contribution in [3.8, 4) is 0 Å². The number of hydrogen-bond acceptors (Lipinski definition) is 4. The molecule has 156 valence electrons. The van der Waals surface area contributed by atoms with Crippen molar-refractivity contribution < 1.29 is 24.2 Å². The van der Waals surface area contributed by atoms with Crippen LogP contribution in [0.25, 0.3) is 0 Å². The summed E-state index contributed by atoms with van der Waals surface area (Å²) in [5, 5.41) is 9.33. The second-order valence-electron chi connectivity index (χ2n) is 7.92. The number of carbonyl (C=O) groups excluding carboxylic acids is 2. The number of ether oxygens (including phenoxy) is 1. The topological polar surface area (TPSA) is 83.9 Å². The molecule has 1 N–H and O–H groups in total. The first-order valence-electron chi connectivity index (χ1n) is 10.5. The lowest BCUT2D eigenvalue weighted by Gasteiger charge is -2.32. The van der Waals surface area contributed by atoms with Gasteiger partial charge < -0.3 is 14.7 Å². The number of amides is 1. The van der Waals surface area contributed by atoms with Gasteiger partial charge in [-0.2, -0.15) is 0 Å². The van der Waals surface area contributed by atoms with Crippen molar-refractivity contribution in [2.45, 2.75) is 97.6 Å². The van der Waals surface area contributed by atoms with Crippen molar-refractivity contribution >= 4 is 17.8 Å². The van der Waals surface area contributed by atoms with Crippen LogP contribution >= 0.6 is 0 Å². The minimum atomic E-state index is -0.961. The SMILES string of the molecule is CCCCCCCCC(C)C(OC(C)=O)C(C)C(=O)N1CCCC1C(=O)O. The van der Waals surface area contributed by atoms with Crippen molar-refractivity contribution in [3.05, 3.63) is 0 Å². The molecule has 6 heteroatoms. The summed E-state index contributed by atoms with van der Waals surface area (Å²) in [4.78, 5) is 37.3. The van der Waals surface area contributed by atoms with Crippen LogP contribution in [0.4, 0.5) is 0 Å². The molecular weight excluding hydrogens is 346 g/mol. The summed E-state index contributed by atoms with van der Waals surface area (Å²) in [6, 6.07) is -0.758. The molecule has 6 nitrogen and oxygen atoms in total. The largest absolute Gasteiger partial charge is 0.480 e. The van der Waals surface area contributed by atoms with Gasteiger partial charge in [0.05, 0.1) is 5.92 Å². The molecule has 1 aliphatic heterocycles. The minimum Gasteiger partial charge on any atom is -0.480 e. The Balaban J connectivity index is 2.66. The van der Waals surface area contributed by atoms with Gasteiger partial charge in [0.2, 0.25) is 5.91 Å². The highest BCUT2D eigenvalue weighted by Gasteiger charge is 2.40. The van der Waals surface area contributed by atoms with Crippen molar-refractivity contribution in [2.24, 2.45) is 11.8 Å². The van der Waals surface area contributed by atoms with Crippen LogP contribution < -0.4 is 0 Å². The Morgan fingerprint density at radius 3 is 2.33 bits per heavy atom. The normalized spacial score (nSPS) is 20.1. The van der Waals surface area contributed by atoms with Crippen LogP contribution in [0.1, 0.15) is 85.5 Å². The molecule has 0 spiro atoms. The van der Waals surface area contributed by atoms with E-state index in [1.165, 1.54) is 37.5 Å². The van der Waals surface area contributed by atoms with E-state index < -0.39 is 30.0 Å². The summed E-state index contributed by atoms with van der Waals surface area (Å²) in [5.41, 5.74) is 0. The van der Waals surface area contributed by atoms with Gasteiger partial charge in [-0.3, -0.25) is 9.59 Å². The van der Waals surface area contributed by atoms with Crippen LogP contribution in [0.15, 0.2) is 0 Å². The van der Waals surface area contributed by atoms with Crippen molar-refractivity contribution in [2.75, 3.05) is 6.54 Å². The molecule has 0 aromatic carbocycles. The van der Waals surface area contributed by atoms with Crippen molar-refractivity contribution in [1.29, 1.82) is 0 Å². The van der Waals surface area contributed by atoms with Gasteiger partial charge in [-0.05, 0) is 25.2 Å². The molecule has 0 radical (unpaired) electrons. The van der Waals surface area contributed by atoms with Crippen molar-refractivity contribution in [3.63, 3.8) is 0 Å². The molecule has 0 bridgehead atoms. The highest BCUT2D eigenvalue weighted by atomic mass is 16.5. The zero-order valence-corrected chi connectivity index (χ0v) is 17.4. The predicted molar refractivity (Wildman–Crippen MR) is 104 cm³/mol. The van der Waals surface area contributed by atoms with Gasteiger partial charge >= 0.3 is 11.9 Å². The van der Waals surface area contributed by atoms with E-state index in [4.69, 9.17) is 4.74 Å². The fourth-order valence-electron chi connectivity index (χ4n) is 4.00. The average molecular weight is 384 g/mol. The third-order valence-electron chi connectivity index (χ3n) is 5.58. The number of esters is 1. The van der Waals surface area contributed by atoms with E-state index in [-0.39, 0.29) is 11.8 Å². The summed E-state index contributed by atoms with van der Waals surface area (Å²) in [7, 11) is 0. The van der Waals surface area contributed by atoms with Gasteiger partial charge in [0.15, 0.2) is 0 Å². The number of carboxylic acids is 1. The summed E-state index contributed by atoms with van der Waals surface area (Å²) >= 11 is 0. The first kappa shape index (κ1) is 23.4. The van der Waals surface area contributed by atoms with Gasteiger partial charge in [-0.25, -0.2) is 4.79 Å². The molecule has 27 heavy (non-hydrogen) atoms. The zero-order chi connectivity index (χ0) is 20.4. The summed E-state index contributed by atoms with van der Waals surface area (Å²) in [6.07, 6.45) is 8.69. The predicted octanol–water partition coefficient (Wildman–Crippen LogP) is 4.02. The number of likely N-dealkylation sites (tertiary alicyclic amines) is 1. The van der Waals surface area contributed by atoms with Crippen LogP contribution in [-0.4, -0.2) is 46.5 Å². The van der Waals surface area contributed by atoms with E-state index >= 15 is 0 Å². The first-order valence-corrected chi connectivity index (χ1v) is 10.5. The maximum Gasteiger partial charge on any atom is 0.326 e. The Hall–Kier alpha value is -1.59. The molecule has 1 rings (SSSR count). The van der Waals surface area contributed by atoms with Crippen LogP contribution in [0.5, 0.6) is 0 Å². The summed E-state index contributed by atoms with van der Waals surface area (Å²) < 4.78 is 5.51. The lowest BCUT2D eigenvalue weighted by Crippen LogP contribution is -2.47. The van der Waals surface area contributed by atoms with E-state index in [1.807, 2.05) is 6.92 Å². The smallest absolute Gasteiger partial charge is 0.326 e. The minimum absolute atomic E-state index is 0.0601. The Morgan fingerprint density at radius 2 is 1.74 bits per heavy atom. The number of nitrogens with zero attached hydrogens (tertiary/aromatic N) is 1. The lowest BCUT2D eigenvalue weighted by molar-refractivity contribution is -0.160. The third kappa shape index (κ3) is 7.51. The first-order chi connectivity index (χ1) is 12.8. The maximum absolute atomic E-state index is 12.9. The fourth-order valence-corrected chi connectivity index (χ4v) is 4.00. The molecule has 0 aromatic rings. The van der Waals surface area contributed by atoms with Crippen LogP contribution in [0, 0.1) is 11.8 Å². The van der Waals surface area contributed by atoms with Crippen LogP contribution in [-0.2, 0) is 19.1 Å². The van der Waals surface area contributed by atoms with Crippen LogP contribution in [0.3, 0.4) is 0 Å². The molecule has 1 saturated heterocycles. The fraction of sp³-hybridized carbons (Fsp3) is 0.857. The molecule has 1 fully saturated rings. The van der Waals surface area contributed by atoms with Gasteiger partial charge in [0.1, 0.15) is 12.1 Å². The molecule has 0 aromatic heterocycles. The molecular formula is C21H37NO5. The number of aliphatic carboxylic acids is 1. The molecule has 4 unspecified atom stereocenters. The number of hydrogen-bond donors (Lipinski definition) is 1. The summed E-state index contributed by atoms with van der Waals surface area (Å²) in [6.45, 7) is 7.78. The second kappa shape index (κ2) is 12.0. The number of unbranched alkanes of at least 4 members (excludes halogenated alkanes) is 5. The monoisotopic (exact) mass is 383 g/mol. The maximum atomic E-state index is 12.9.